The third-order valence-corrected chi connectivity index (χ3v) is 5.71. The third kappa shape index (κ3) is 3.63. The second-order valence-electron chi connectivity index (χ2n) is 5.42. The monoisotopic (exact) mass is 313 g/mol. The predicted molar refractivity (Wildman–Crippen MR) is 80.4 cm³/mol. The smallest absolute Gasteiger partial charge is 0.240 e. The summed E-state index contributed by atoms with van der Waals surface area (Å²) in [7, 11) is -3.56. The number of nitrogens with one attached hydrogen (secondary N) is 1. The molecule has 118 valence electrons. The molecule has 0 aliphatic carbocycles. The van der Waals surface area contributed by atoms with Crippen LogP contribution in [0.15, 0.2) is 23.1 Å². The normalized spacial score (nSPS) is 22.6. The molecule has 0 aromatic heterocycles. The number of sulfonamides is 1. The Bertz CT molecular complexity index is 585. The Morgan fingerprint density at radius 2 is 2.19 bits per heavy atom. The van der Waals surface area contributed by atoms with Gasteiger partial charge >= 0.3 is 0 Å². The summed E-state index contributed by atoms with van der Waals surface area (Å²) in [5.74, 6) is 0.228. The van der Waals surface area contributed by atoms with Crippen LogP contribution in [-0.4, -0.2) is 32.8 Å². The molecule has 1 fully saturated rings. The van der Waals surface area contributed by atoms with Gasteiger partial charge in [0.05, 0.1) is 17.6 Å². The van der Waals surface area contributed by atoms with Crippen LogP contribution in [0.25, 0.3) is 0 Å². The van der Waals surface area contributed by atoms with Crippen LogP contribution < -0.4 is 4.72 Å². The molecule has 0 spiro atoms. The Morgan fingerprint density at radius 3 is 2.86 bits per heavy atom. The number of ether oxygens (including phenoxy) is 1. The van der Waals surface area contributed by atoms with Gasteiger partial charge in [-0.2, -0.15) is 0 Å². The van der Waals surface area contributed by atoms with Gasteiger partial charge in [-0.15, -0.1) is 0 Å². The van der Waals surface area contributed by atoms with E-state index in [-0.39, 0.29) is 23.5 Å². The molecule has 1 aromatic rings. The van der Waals surface area contributed by atoms with Crippen LogP contribution in [0.5, 0.6) is 0 Å². The van der Waals surface area contributed by atoms with Crippen molar-refractivity contribution in [2.45, 2.75) is 44.3 Å². The van der Waals surface area contributed by atoms with Gasteiger partial charge in [-0.05, 0) is 37.0 Å². The van der Waals surface area contributed by atoms with E-state index in [9.17, 15) is 13.5 Å². The molecule has 1 saturated heterocycles. The van der Waals surface area contributed by atoms with Crippen LogP contribution in [0.1, 0.15) is 30.9 Å². The maximum atomic E-state index is 12.4. The van der Waals surface area contributed by atoms with Gasteiger partial charge < -0.3 is 9.84 Å². The SMILES string of the molecule is CCC1OCCC1CNS(=O)(=O)c1cccc(CO)c1C. The van der Waals surface area contributed by atoms with E-state index in [1.54, 1.807) is 25.1 Å². The summed E-state index contributed by atoms with van der Waals surface area (Å²) in [6.45, 7) is 4.69. The number of hydrogen-bond donors (Lipinski definition) is 2. The van der Waals surface area contributed by atoms with Crippen molar-refractivity contribution >= 4 is 10.0 Å². The number of aliphatic hydroxyl groups is 1. The molecule has 2 N–H and O–H groups in total. The van der Waals surface area contributed by atoms with E-state index >= 15 is 0 Å². The fourth-order valence-corrected chi connectivity index (χ4v) is 4.18. The summed E-state index contributed by atoms with van der Waals surface area (Å²) >= 11 is 0. The van der Waals surface area contributed by atoms with E-state index in [1.807, 2.05) is 6.92 Å². The number of hydrogen-bond acceptors (Lipinski definition) is 4. The summed E-state index contributed by atoms with van der Waals surface area (Å²) in [4.78, 5) is 0.237. The summed E-state index contributed by atoms with van der Waals surface area (Å²) in [6, 6.07) is 4.95. The van der Waals surface area contributed by atoms with Gasteiger partial charge in [0.2, 0.25) is 10.0 Å². The molecule has 1 aromatic carbocycles. The lowest BCUT2D eigenvalue weighted by Gasteiger charge is -2.18. The molecule has 0 radical (unpaired) electrons. The highest BCUT2D eigenvalue weighted by atomic mass is 32.2. The van der Waals surface area contributed by atoms with Gasteiger partial charge in [-0.1, -0.05) is 19.1 Å². The molecule has 1 aliphatic rings. The van der Waals surface area contributed by atoms with E-state index in [2.05, 4.69) is 4.72 Å². The van der Waals surface area contributed by atoms with Crippen molar-refractivity contribution in [2.75, 3.05) is 13.2 Å². The highest BCUT2D eigenvalue weighted by Gasteiger charge is 2.28. The van der Waals surface area contributed by atoms with Crippen LogP contribution in [0.4, 0.5) is 0 Å². The largest absolute Gasteiger partial charge is 0.392 e. The van der Waals surface area contributed by atoms with E-state index in [0.29, 0.717) is 24.3 Å². The molecule has 0 amide bonds. The minimum atomic E-state index is -3.56. The van der Waals surface area contributed by atoms with Crippen molar-refractivity contribution in [1.29, 1.82) is 0 Å². The second kappa shape index (κ2) is 6.87. The highest BCUT2D eigenvalue weighted by Crippen LogP contribution is 2.24. The van der Waals surface area contributed by atoms with E-state index in [4.69, 9.17) is 4.74 Å². The van der Waals surface area contributed by atoms with Gasteiger partial charge in [0.15, 0.2) is 0 Å². The van der Waals surface area contributed by atoms with Crippen molar-refractivity contribution in [3.8, 4) is 0 Å². The molecule has 0 saturated carbocycles. The maximum Gasteiger partial charge on any atom is 0.240 e. The Kier molecular flexibility index (Phi) is 5.37. The summed E-state index contributed by atoms with van der Waals surface area (Å²) in [6.07, 6.45) is 1.92. The zero-order chi connectivity index (χ0) is 15.5. The van der Waals surface area contributed by atoms with Gasteiger partial charge in [0.25, 0.3) is 0 Å². The van der Waals surface area contributed by atoms with Crippen LogP contribution in [-0.2, 0) is 21.4 Å². The molecule has 0 bridgehead atoms. The van der Waals surface area contributed by atoms with Crippen molar-refractivity contribution < 1.29 is 18.3 Å². The number of rotatable bonds is 6. The van der Waals surface area contributed by atoms with Crippen molar-refractivity contribution in [1.82, 2.24) is 4.72 Å². The van der Waals surface area contributed by atoms with E-state index in [0.717, 1.165) is 12.8 Å². The Hall–Kier alpha value is -0.950. The lowest BCUT2D eigenvalue weighted by Crippen LogP contribution is -2.33. The Balaban J connectivity index is 2.12. The highest BCUT2D eigenvalue weighted by molar-refractivity contribution is 7.89. The fraction of sp³-hybridized carbons (Fsp3) is 0.600. The van der Waals surface area contributed by atoms with Gasteiger partial charge in [-0.25, -0.2) is 13.1 Å². The van der Waals surface area contributed by atoms with Gasteiger partial charge in [0.1, 0.15) is 0 Å². The third-order valence-electron chi connectivity index (χ3n) is 4.14. The first-order valence-corrected chi connectivity index (χ1v) is 8.78. The Morgan fingerprint density at radius 1 is 1.43 bits per heavy atom. The van der Waals surface area contributed by atoms with Crippen molar-refractivity contribution in [3.63, 3.8) is 0 Å². The average molecular weight is 313 g/mol. The van der Waals surface area contributed by atoms with E-state index < -0.39 is 10.0 Å². The van der Waals surface area contributed by atoms with Crippen LogP contribution in [0.3, 0.4) is 0 Å². The standard InChI is InChI=1S/C15H23NO4S/c1-3-14-12(7-8-20-14)9-16-21(18,19)15-6-4-5-13(10-17)11(15)2/h4-6,12,14,16-17H,3,7-10H2,1-2H3. The van der Waals surface area contributed by atoms with Crippen LogP contribution in [0.2, 0.25) is 0 Å². The lowest BCUT2D eigenvalue weighted by atomic mass is 10.0. The number of aliphatic hydroxyl groups excluding tert-OH is 1. The summed E-state index contributed by atoms with van der Waals surface area (Å²) < 4.78 is 33.1. The van der Waals surface area contributed by atoms with Gasteiger partial charge in [0, 0.05) is 19.1 Å². The van der Waals surface area contributed by atoms with Crippen LogP contribution >= 0.6 is 0 Å². The maximum absolute atomic E-state index is 12.4. The first kappa shape index (κ1) is 16.4. The average Bonchev–Trinajstić information content (AvgIpc) is 2.93. The Labute approximate surface area is 126 Å². The quantitative estimate of drug-likeness (QED) is 0.836. The van der Waals surface area contributed by atoms with Gasteiger partial charge in [-0.3, -0.25) is 0 Å². The summed E-state index contributed by atoms with van der Waals surface area (Å²) in [5.41, 5.74) is 1.23. The second-order valence-corrected chi connectivity index (χ2v) is 7.15. The predicted octanol–water partition coefficient (Wildman–Crippen LogP) is 1.58. The molecular formula is C15H23NO4S. The first-order chi connectivity index (χ1) is 9.99. The molecule has 21 heavy (non-hydrogen) atoms. The minimum absolute atomic E-state index is 0.137. The molecule has 5 nitrogen and oxygen atoms in total. The summed E-state index contributed by atoms with van der Waals surface area (Å²) in [5, 5.41) is 9.25. The molecule has 1 aliphatic heterocycles. The fourth-order valence-electron chi connectivity index (χ4n) is 2.79. The first-order valence-electron chi connectivity index (χ1n) is 7.30. The zero-order valence-electron chi connectivity index (χ0n) is 12.5. The molecule has 2 rings (SSSR count). The van der Waals surface area contributed by atoms with Crippen molar-refractivity contribution in [2.24, 2.45) is 5.92 Å². The molecule has 6 heteroatoms. The van der Waals surface area contributed by atoms with Crippen LogP contribution in [0, 0.1) is 12.8 Å². The topological polar surface area (TPSA) is 75.6 Å². The van der Waals surface area contributed by atoms with E-state index in [1.165, 1.54) is 0 Å². The molecule has 2 atom stereocenters. The number of benzene rings is 1. The minimum Gasteiger partial charge on any atom is -0.392 e. The molecular weight excluding hydrogens is 290 g/mol. The molecule has 1 heterocycles. The van der Waals surface area contributed by atoms with Crippen molar-refractivity contribution in [3.05, 3.63) is 29.3 Å². The zero-order valence-corrected chi connectivity index (χ0v) is 13.3. The molecule has 2 unspecified atom stereocenters. The lowest BCUT2D eigenvalue weighted by molar-refractivity contribution is 0.0884.